The van der Waals surface area contributed by atoms with E-state index in [0.29, 0.717) is 5.56 Å². The van der Waals surface area contributed by atoms with Crippen molar-refractivity contribution < 1.29 is 13.2 Å². The van der Waals surface area contributed by atoms with Crippen LogP contribution in [-0.4, -0.2) is 18.6 Å². The molecule has 1 unspecified atom stereocenters. The van der Waals surface area contributed by atoms with Crippen molar-refractivity contribution in [3.63, 3.8) is 0 Å². The van der Waals surface area contributed by atoms with Crippen LogP contribution in [0.15, 0.2) is 114 Å². The van der Waals surface area contributed by atoms with E-state index >= 15 is 0 Å². The Bertz CT molecular complexity index is 1470. The van der Waals surface area contributed by atoms with Crippen LogP contribution in [0.4, 0.5) is 0 Å². The maximum absolute atomic E-state index is 14.0. The lowest BCUT2D eigenvalue weighted by molar-refractivity contribution is 0.0841. The van der Waals surface area contributed by atoms with Crippen molar-refractivity contribution in [2.45, 2.75) is 24.8 Å². The number of amides is 1. The molecule has 0 N–H and O–H groups in total. The Kier molecular flexibility index (Phi) is 7.14. The molecule has 35 heavy (non-hydrogen) atoms. The summed E-state index contributed by atoms with van der Waals surface area (Å²) in [5, 5.41) is 0. The molecular formula is C30H25NO3S. The number of carbonyl (C=O) groups is 1. The second-order valence-electron chi connectivity index (χ2n) is 8.23. The summed E-state index contributed by atoms with van der Waals surface area (Å²) < 4.78 is 28.9. The fraction of sp³-hybridized carbons (Fsp3) is 0.100. The van der Waals surface area contributed by atoms with E-state index in [9.17, 15) is 13.2 Å². The SMILES string of the molecule is Cc1ccc(C(C#Cc2ccccc2)N(C(=O)c2ccccc2)S(=O)(=O)c2ccc(C)cc2)cc1. The molecular weight excluding hydrogens is 454 g/mol. The fourth-order valence-electron chi connectivity index (χ4n) is 3.60. The van der Waals surface area contributed by atoms with E-state index in [1.54, 1.807) is 42.5 Å². The van der Waals surface area contributed by atoms with Gasteiger partial charge in [0.25, 0.3) is 15.9 Å². The minimum Gasteiger partial charge on any atom is -0.268 e. The molecule has 0 aliphatic rings. The molecule has 0 spiro atoms. The van der Waals surface area contributed by atoms with E-state index in [4.69, 9.17) is 0 Å². The number of sulfonamides is 1. The average Bonchev–Trinajstić information content (AvgIpc) is 2.88. The molecule has 0 bridgehead atoms. The van der Waals surface area contributed by atoms with Crippen molar-refractivity contribution in [3.05, 3.63) is 137 Å². The van der Waals surface area contributed by atoms with Crippen LogP contribution in [0, 0.1) is 25.7 Å². The van der Waals surface area contributed by atoms with Gasteiger partial charge in [-0.05, 0) is 55.8 Å². The van der Waals surface area contributed by atoms with Crippen LogP contribution in [0.3, 0.4) is 0 Å². The van der Waals surface area contributed by atoms with E-state index < -0.39 is 22.0 Å². The van der Waals surface area contributed by atoms with Crippen molar-refractivity contribution >= 4 is 15.9 Å². The topological polar surface area (TPSA) is 54.5 Å². The van der Waals surface area contributed by atoms with Crippen LogP contribution in [0.5, 0.6) is 0 Å². The van der Waals surface area contributed by atoms with E-state index in [2.05, 4.69) is 11.8 Å². The monoisotopic (exact) mass is 479 g/mol. The molecule has 0 aliphatic heterocycles. The van der Waals surface area contributed by atoms with Gasteiger partial charge in [-0.2, -0.15) is 0 Å². The zero-order valence-electron chi connectivity index (χ0n) is 19.5. The Morgan fingerprint density at radius 2 is 1.23 bits per heavy atom. The second-order valence-corrected chi connectivity index (χ2v) is 10.0. The molecule has 0 saturated heterocycles. The highest BCUT2D eigenvalue weighted by atomic mass is 32.2. The van der Waals surface area contributed by atoms with E-state index in [1.807, 2.05) is 68.4 Å². The summed E-state index contributed by atoms with van der Waals surface area (Å²) in [5.41, 5.74) is 3.54. The molecule has 0 aliphatic carbocycles. The van der Waals surface area contributed by atoms with Gasteiger partial charge >= 0.3 is 0 Å². The second kappa shape index (κ2) is 10.4. The standard InChI is InChI=1S/C30H25NO3S/c1-23-13-18-26(19-14-23)29(22-17-25-9-5-3-6-10-25)31(30(32)27-11-7-4-8-12-27)35(33,34)28-20-15-24(2)16-21-28/h3-16,18-21,29H,1-2H3. The van der Waals surface area contributed by atoms with Crippen molar-refractivity contribution in [3.8, 4) is 11.8 Å². The van der Waals surface area contributed by atoms with Gasteiger partial charge < -0.3 is 0 Å². The first-order valence-corrected chi connectivity index (χ1v) is 12.6. The molecule has 0 radical (unpaired) electrons. The number of nitrogens with zero attached hydrogens (tertiary/aromatic N) is 1. The van der Waals surface area contributed by atoms with Crippen molar-refractivity contribution in [2.75, 3.05) is 0 Å². The van der Waals surface area contributed by atoms with Gasteiger partial charge in [0, 0.05) is 11.1 Å². The predicted molar refractivity (Wildman–Crippen MR) is 138 cm³/mol. The average molecular weight is 480 g/mol. The molecule has 4 aromatic carbocycles. The fourth-order valence-corrected chi connectivity index (χ4v) is 5.08. The Morgan fingerprint density at radius 1 is 0.714 bits per heavy atom. The van der Waals surface area contributed by atoms with Gasteiger partial charge in [-0.3, -0.25) is 4.79 Å². The van der Waals surface area contributed by atoms with Crippen LogP contribution in [-0.2, 0) is 10.0 Å². The zero-order valence-corrected chi connectivity index (χ0v) is 20.4. The lowest BCUT2D eigenvalue weighted by atomic mass is 10.0. The summed E-state index contributed by atoms with van der Waals surface area (Å²) >= 11 is 0. The van der Waals surface area contributed by atoms with Crippen LogP contribution < -0.4 is 0 Å². The van der Waals surface area contributed by atoms with Gasteiger partial charge in [-0.1, -0.05) is 95.8 Å². The van der Waals surface area contributed by atoms with Crippen molar-refractivity contribution in [2.24, 2.45) is 0 Å². The van der Waals surface area contributed by atoms with Crippen molar-refractivity contribution in [1.29, 1.82) is 0 Å². The summed E-state index contributed by atoms with van der Waals surface area (Å²) in [6.45, 7) is 3.83. The summed E-state index contributed by atoms with van der Waals surface area (Å²) in [6, 6.07) is 30.6. The molecule has 4 nitrogen and oxygen atoms in total. The normalized spacial score (nSPS) is 11.7. The Morgan fingerprint density at radius 3 is 1.80 bits per heavy atom. The third-order valence-electron chi connectivity index (χ3n) is 5.55. The molecule has 174 valence electrons. The van der Waals surface area contributed by atoms with E-state index in [-0.39, 0.29) is 10.5 Å². The lowest BCUT2D eigenvalue weighted by Crippen LogP contribution is -2.39. The first-order valence-electron chi connectivity index (χ1n) is 11.2. The summed E-state index contributed by atoms with van der Waals surface area (Å²) in [7, 11) is -4.25. The van der Waals surface area contributed by atoms with Gasteiger partial charge in [0.2, 0.25) is 0 Å². The van der Waals surface area contributed by atoms with Crippen LogP contribution >= 0.6 is 0 Å². The molecule has 4 rings (SSSR count). The highest BCUT2D eigenvalue weighted by molar-refractivity contribution is 7.89. The molecule has 0 saturated carbocycles. The minimum atomic E-state index is -4.25. The third-order valence-corrected chi connectivity index (χ3v) is 7.32. The van der Waals surface area contributed by atoms with Crippen LogP contribution in [0.1, 0.15) is 38.7 Å². The third kappa shape index (κ3) is 5.51. The Labute approximate surface area is 206 Å². The van der Waals surface area contributed by atoms with Gasteiger partial charge in [0.1, 0.15) is 6.04 Å². The van der Waals surface area contributed by atoms with Gasteiger partial charge in [-0.15, -0.1) is 0 Å². The number of aryl methyl sites for hydroxylation is 2. The smallest absolute Gasteiger partial charge is 0.268 e. The largest absolute Gasteiger partial charge is 0.269 e. The first-order chi connectivity index (χ1) is 16.9. The van der Waals surface area contributed by atoms with Gasteiger partial charge in [0.15, 0.2) is 0 Å². The zero-order chi connectivity index (χ0) is 24.8. The highest BCUT2D eigenvalue weighted by Gasteiger charge is 2.36. The number of hydrogen-bond acceptors (Lipinski definition) is 3. The quantitative estimate of drug-likeness (QED) is 0.334. The predicted octanol–water partition coefficient (Wildman–Crippen LogP) is 5.93. The number of benzene rings is 4. The lowest BCUT2D eigenvalue weighted by Gasteiger charge is -2.28. The maximum atomic E-state index is 14.0. The van der Waals surface area contributed by atoms with E-state index in [0.717, 1.165) is 21.0 Å². The van der Waals surface area contributed by atoms with Crippen molar-refractivity contribution in [1.82, 2.24) is 4.31 Å². The van der Waals surface area contributed by atoms with Crippen LogP contribution in [0.2, 0.25) is 0 Å². The molecule has 4 aromatic rings. The highest BCUT2D eigenvalue weighted by Crippen LogP contribution is 2.30. The van der Waals surface area contributed by atoms with E-state index in [1.165, 1.54) is 12.1 Å². The first kappa shape index (κ1) is 24.0. The summed E-state index contributed by atoms with van der Waals surface area (Å²) in [4.78, 5) is 13.8. The molecule has 0 aromatic heterocycles. The molecule has 5 heteroatoms. The van der Waals surface area contributed by atoms with Gasteiger partial charge in [-0.25, -0.2) is 12.7 Å². The maximum Gasteiger partial charge on any atom is 0.269 e. The summed E-state index contributed by atoms with van der Waals surface area (Å²) in [5.74, 6) is 5.52. The minimum absolute atomic E-state index is 0.0333. The molecule has 1 atom stereocenters. The number of hydrogen-bond donors (Lipinski definition) is 0. The van der Waals surface area contributed by atoms with Gasteiger partial charge in [0.05, 0.1) is 4.90 Å². The summed E-state index contributed by atoms with van der Waals surface area (Å²) in [6.07, 6.45) is 0. The number of rotatable bonds is 5. The van der Waals surface area contributed by atoms with Crippen LogP contribution in [0.25, 0.3) is 0 Å². The molecule has 0 heterocycles. The Hall–Kier alpha value is -4.14. The Balaban J connectivity index is 1.93. The molecule has 0 fully saturated rings. The molecule has 1 amide bonds. The number of carbonyl (C=O) groups excluding carboxylic acids is 1.